The van der Waals surface area contributed by atoms with Gasteiger partial charge in [-0.15, -0.1) is 0 Å². The van der Waals surface area contributed by atoms with E-state index in [0.717, 1.165) is 22.5 Å². The summed E-state index contributed by atoms with van der Waals surface area (Å²) in [6.45, 7) is 5.32. The lowest BCUT2D eigenvalue weighted by Gasteiger charge is -2.22. The third-order valence-corrected chi connectivity index (χ3v) is 4.09. The average molecular weight is 353 g/mol. The van der Waals surface area contributed by atoms with Gasteiger partial charge in [-0.2, -0.15) is 0 Å². The summed E-state index contributed by atoms with van der Waals surface area (Å²) in [5.41, 5.74) is 3.83. The summed E-state index contributed by atoms with van der Waals surface area (Å²) in [4.78, 5) is 0. The van der Waals surface area contributed by atoms with Crippen LogP contribution >= 0.6 is 27.5 Å². The summed E-state index contributed by atoms with van der Waals surface area (Å²) >= 11 is 9.52. The Morgan fingerprint density at radius 1 is 1.15 bits per heavy atom. The van der Waals surface area contributed by atoms with Crippen molar-refractivity contribution in [3.8, 4) is 0 Å². The maximum absolute atomic E-state index is 5.99. The van der Waals surface area contributed by atoms with Gasteiger partial charge in [0.1, 0.15) is 0 Å². The SMILES string of the molecule is CCCNC(c1ccc(Cl)cc1)c1ccc(Br)cc1C. The number of benzene rings is 2. The molecule has 0 aliphatic carbocycles. The summed E-state index contributed by atoms with van der Waals surface area (Å²) in [6.07, 6.45) is 1.11. The predicted octanol–water partition coefficient (Wildman–Crippen LogP) is 5.50. The number of rotatable bonds is 5. The van der Waals surface area contributed by atoms with Gasteiger partial charge in [-0.3, -0.25) is 0 Å². The number of halogens is 2. The number of hydrogen-bond acceptors (Lipinski definition) is 1. The van der Waals surface area contributed by atoms with Crippen molar-refractivity contribution in [2.75, 3.05) is 6.54 Å². The Hall–Kier alpha value is -0.830. The fourth-order valence-corrected chi connectivity index (χ4v) is 2.92. The van der Waals surface area contributed by atoms with Crippen LogP contribution < -0.4 is 5.32 Å². The maximum Gasteiger partial charge on any atom is 0.0579 e. The minimum absolute atomic E-state index is 0.209. The molecule has 0 aliphatic heterocycles. The highest BCUT2D eigenvalue weighted by molar-refractivity contribution is 9.10. The Kier molecular flexibility index (Phi) is 5.64. The molecule has 106 valence electrons. The zero-order valence-corrected chi connectivity index (χ0v) is 14.1. The number of hydrogen-bond donors (Lipinski definition) is 1. The number of aryl methyl sites for hydroxylation is 1. The van der Waals surface area contributed by atoms with E-state index in [4.69, 9.17) is 11.6 Å². The third kappa shape index (κ3) is 3.85. The predicted molar refractivity (Wildman–Crippen MR) is 90.5 cm³/mol. The summed E-state index contributed by atoms with van der Waals surface area (Å²) in [6, 6.07) is 14.7. The van der Waals surface area contributed by atoms with E-state index in [2.05, 4.69) is 65.4 Å². The molecular weight excluding hydrogens is 334 g/mol. The molecule has 2 aromatic carbocycles. The third-order valence-electron chi connectivity index (χ3n) is 3.34. The molecule has 2 rings (SSSR count). The molecule has 1 nitrogen and oxygen atoms in total. The first-order valence-electron chi connectivity index (χ1n) is 6.86. The smallest absolute Gasteiger partial charge is 0.0579 e. The molecule has 1 atom stereocenters. The van der Waals surface area contributed by atoms with Gasteiger partial charge in [0.2, 0.25) is 0 Å². The van der Waals surface area contributed by atoms with E-state index in [9.17, 15) is 0 Å². The molecule has 1 unspecified atom stereocenters. The van der Waals surface area contributed by atoms with Crippen molar-refractivity contribution in [3.63, 3.8) is 0 Å². The second kappa shape index (κ2) is 7.26. The molecule has 20 heavy (non-hydrogen) atoms. The van der Waals surface area contributed by atoms with Gasteiger partial charge in [0, 0.05) is 9.50 Å². The molecule has 0 spiro atoms. The lowest BCUT2D eigenvalue weighted by molar-refractivity contribution is 0.596. The van der Waals surface area contributed by atoms with E-state index in [1.807, 2.05) is 12.1 Å². The highest BCUT2D eigenvalue weighted by atomic mass is 79.9. The van der Waals surface area contributed by atoms with Gasteiger partial charge in [-0.25, -0.2) is 0 Å². The van der Waals surface area contributed by atoms with Gasteiger partial charge in [0.25, 0.3) is 0 Å². The molecule has 0 fully saturated rings. The van der Waals surface area contributed by atoms with Crippen molar-refractivity contribution >= 4 is 27.5 Å². The van der Waals surface area contributed by atoms with E-state index < -0.39 is 0 Å². The first-order chi connectivity index (χ1) is 9.61. The normalized spacial score (nSPS) is 12.4. The van der Waals surface area contributed by atoms with Crippen LogP contribution in [0, 0.1) is 6.92 Å². The standard InChI is InChI=1S/C17H19BrClN/c1-3-10-20-17(13-4-7-15(19)8-5-13)16-9-6-14(18)11-12(16)2/h4-9,11,17,20H,3,10H2,1-2H3. The second-order valence-electron chi connectivity index (χ2n) is 4.94. The Bertz CT molecular complexity index is 566. The Morgan fingerprint density at radius 3 is 2.45 bits per heavy atom. The van der Waals surface area contributed by atoms with Crippen LogP contribution in [0.4, 0.5) is 0 Å². The maximum atomic E-state index is 5.99. The zero-order chi connectivity index (χ0) is 14.5. The van der Waals surface area contributed by atoms with Crippen LogP contribution in [0.15, 0.2) is 46.9 Å². The van der Waals surface area contributed by atoms with Crippen LogP contribution in [-0.2, 0) is 0 Å². The minimum atomic E-state index is 0.209. The van der Waals surface area contributed by atoms with Crippen LogP contribution in [0.3, 0.4) is 0 Å². The minimum Gasteiger partial charge on any atom is -0.306 e. The average Bonchev–Trinajstić information content (AvgIpc) is 2.42. The van der Waals surface area contributed by atoms with E-state index in [1.165, 1.54) is 16.7 Å². The first-order valence-corrected chi connectivity index (χ1v) is 8.04. The number of nitrogens with one attached hydrogen (secondary N) is 1. The van der Waals surface area contributed by atoms with Gasteiger partial charge in [0.05, 0.1) is 6.04 Å². The Morgan fingerprint density at radius 2 is 1.85 bits per heavy atom. The van der Waals surface area contributed by atoms with Crippen molar-refractivity contribution in [2.45, 2.75) is 26.3 Å². The van der Waals surface area contributed by atoms with E-state index in [1.54, 1.807) is 0 Å². The first kappa shape index (κ1) is 15.6. The largest absolute Gasteiger partial charge is 0.306 e. The topological polar surface area (TPSA) is 12.0 Å². The van der Waals surface area contributed by atoms with Crippen LogP contribution in [0.1, 0.15) is 36.1 Å². The molecule has 0 amide bonds. The Labute approximate surface area is 134 Å². The van der Waals surface area contributed by atoms with Gasteiger partial charge in [-0.05, 0) is 60.8 Å². The monoisotopic (exact) mass is 351 g/mol. The van der Waals surface area contributed by atoms with Crippen molar-refractivity contribution in [1.29, 1.82) is 0 Å². The molecule has 3 heteroatoms. The summed E-state index contributed by atoms with van der Waals surface area (Å²) < 4.78 is 1.11. The molecular formula is C17H19BrClN. The van der Waals surface area contributed by atoms with Crippen molar-refractivity contribution < 1.29 is 0 Å². The van der Waals surface area contributed by atoms with Crippen LogP contribution in [0.2, 0.25) is 5.02 Å². The summed E-state index contributed by atoms with van der Waals surface area (Å²) in [5.74, 6) is 0. The molecule has 0 bridgehead atoms. The fourth-order valence-electron chi connectivity index (χ4n) is 2.31. The highest BCUT2D eigenvalue weighted by Crippen LogP contribution is 2.28. The molecule has 0 radical (unpaired) electrons. The van der Waals surface area contributed by atoms with Gasteiger partial charge in [-0.1, -0.05) is 52.7 Å². The lowest BCUT2D eigenvalue weighted by atomic mass is 9.95. The summed E-state index contributed by atoms with van der Waals surface area (Å²) in [5, 5.41) is 4.40. The van der Waals surface area contributed by atoms with Crippen LogP contribution in [0.25, 0.3) is 0 Å². The van der Waals surface area contributed by atoms with Crippen molar-refractivity contribution in [1.82, 2.24) is 5.32 Å². The van der Waals surface area contributed by atoms with Crippen LogP contribution in [0.5, 0.6) is 0 Å². The zero-order valence-electron chi connectivity index (χ0n) is 11.8. The second-order valence-corrected chi connectivity index (χ2v) is 6.29. The molecule has 1 N–H and O–H groups in total. The van der Waals surface area contributed by atoms with Gasteiger partial charge < -0.3 is 5.32 Å². The molecule has 0 aliphatic rings. The van der Waals surface area contributed by atoms with E-state index >= 15 is 0 Å². The summed E-state index contributed by atoms with van der Waals surface area (Å²) in [7, 11) is 0. The molecule has 0 heterocycles. The highest BCUT2D eigenvalue weighted by Gasteiger charge is 2.15. The fraction of sp³-hybridized carbons (Fsp3) is 0.294. The molecule has 2 aromatic rings. The lowest BCUT2D eigenvalue weighted by Crippen LogP contribution is -2.23. The van der Waals surface area contributed by atoms with E-state index in [-0.39, 0.29) is 6.04 Å². The van der Waals surface area contributed by atoms with Crippen molar-refractivity contribution in [3.05, 3.63) is 68.7 Å². The van der Waals surface area contributed by atoms with Gasteiger partial charge in [0.15, 0.2) is 0 Å². The molecule has 0 saturated heterocycles. The van der Waals surface area contributed by atoms with E-state index in [0.29, 0.717) is 0 Å². The molecule has 0 saturated carbocycles. The van der Waals surface area contributed by atoms with Crippen LogP contribution in [-0.4, -0.2) is 6.54 Å². The van der Waals surface area contributed by atoms with Gasteiger partial charge >= 0.3 is 0 Å². The van der Waals surface area contributed by atoms with Crippen molar-refractivity contribution in [2.24, 2.45) is 0 Å². The Balaban J connectivity index is 2.38. The quantitative estimate of drug-likeness (QED) is 0.749. The molecule has 0 aromatic heterocycles.